The van der Waals surface area contributed by atoms with Crippen molar-refractivity contribution in [3.8, 4) is 0 Å². The number of nitrogens with zero attached hydrogens (tertiary/aromatic N) is 3. The molecule has 0 radical (unpaired) electrons. The van der Waals surface area contributed by atoms with Crippen LogP contribution >= 0.6 is 23.4 Å². The molecule has 2 aromatic carbocycles. The molecule has 1 aliphatic rings. The van der Waals surface area contributed by atoms with E-state index in [1.165, 1.54) is 34.9 Å². The van der Waals surface area contributed by atoms with E-state index in [9.17, 15) is 19.7 Å². The summed E-state index contributed by atoms with van der Waals surface area (Å²) in [4.78, 5) is 41.3. The third-order valence-corrected chi connectivity index (χ3v) is 5.73. The number of nitrogens with one attached hydrogen (secondary N) is 1. The standard InChI is InChI=1S/C19H17ClN4O4S/c1-11-9-12(20)7-8-13(11)22-19-23(2)18(26)16(29-19)10-17(25)21-14-5-3-4-6-15(14)24(27)28/h3-9,16H,10H2,1-2H3,(H,21,25)/t16-/m1/s1. The van der Waals surface area contributed by atoms with Gasteiger partial charge in [-0.15, -0.1) is 0 Å². The first-order valence-electron chi connectivity index (χ1n) is 8.58. The monoisotopic (exact) mass is 432 g/mol. The highest BCUT2D eigenvalue weighted by Gasteiger charge is 2.37. The van der Waals surface area contributed by atoms with Crippen LogP contribution in [0.4, 0.5) is 17.1 Å². The second-order valence-corrected chi connectivity index (χ2v) is 7.96. The fourth-order valence-corrected chi connectivity index (χ4v) is 4.13. The van der Waals surface area contributed by atoms with Gasteiger partial charge in [-0.1, -0.05) is 35.5 Å². The third-order valence-electron chi connectivity index (χ3n) is 4.26. The Bertz CT molecular complexity index is 1030. The molecule has 0 unspecified atom stereocenters. The fourth-order valence-electron chi connectivity index (χ4n) is 2.75. The number of nitro groups is 1. The van der Waals surface area contributed by atoms with Crippen LogP contribution in [-0.2, 0) is 9.59 Å². The van der Waals surface area contributed by atoms with E-state index < -0.39 is 16.1 Å². The molecule has 1 fully saturated rings. The topological polar surface area (TPSA) is 105 Å². The van der Waals surface area contributed by atoms with Crippen molar-refractivity contribution in [1.29, 1.82) is 0 Å². The van der Waals surface area contributed by atoms with Crippen LogP contribution in [0.5, 0.6) is 0 Å². The Morgan fingerprint density at radius 1 is 1.34 bits per heavy atom. The van der Waals surface area contributed by atoms with Crippen LogP contribution in [0.3, 0.4) is 0 Å². The first-order valence-corrected chi connectivity index (χ1v) is 9.84. The second kappa shape index (κ2) is 8.62. The van der Waals surface area contributed by atoms with E-state index in [4.69, 9.17) is 11.6 Å². The van der Waals surface area contributed by atoms with Crippen molar-refractivity contribution < 1.29 is 14.5 Å². The van der Waals surface area contributed by atoms with Gasteiger partial charge in [0.1, 0.15) is 10.9 Å². The van der Waals surface area contributed by atoms with E-state index in [0.29, 0.717) is 15.9 Å². The van der Waals surface area contributed by atoms with Crippen molar-refractivity contribution in [3.05, 3.63) is 63.2 Å². The minimum atomic E-state index is -0.658. The van der Waals surface area contributed by atoms with E-state index in [0.717, 1.165) is 5.56 Å². The van der Waals surface area contributed by atoms with Crippen molar-refractivity contribution in [2.75, 3.05) is 12.4 Å². The van der Waals surface area contributed by atoms with Gasteiger partial charge in [0.25, 0.3) is 5.69 Å². The van der Waals surface area contributed by atoms with E-state index in [1.807, 2.05) is 6.92 Å². The minimum Gasteiger partial charge on any atom is -0.320 e. The third kappa shape index (κ3) is 4.75. The molecule has 1 saturated heterocycles. The van der Waals surface area contributed by atoms with Gasteiger partial charge in [-0.2, -0.15) is 0 Å². The Labute approximate surface area is 176 Å². The summed E-state index contributed by atoms with van der Waals surface area (Å²) in [6, 6.07) is 11.1. The number of carbonyl (C=O) groups excluding carboxylic acids is 2. The van der Waals surface area contributed by atoms with Crippen LogP contribution in [0.25, 0.3) is 0 Å². The number of halogens is 1. The number of aliphatic imine (C=N–C) groups is 1. The molecule has 2 amide bonds. The lowest BCUT2D eigenvalue weighted by Gasteiger charge is -2.10. The van der Waals surface area contributed by atoms with Crippen LogP contribution in [0, 0.1) is 17.0 Å². The number of amides is 2. The van der Waals surface area contributed by atoms with Gasteiger partial charge in [-0.05, 0) is 36.8 Å². The number of hydrogen-bond donors (Lipinski definition) is 1. The summed E-state index contributed by atoms with van der Waals surface area (Å²) in [5.74, 6) is -0.736. The molecule has 0 saturated carbocycles. The molecule has 1 aliphatic heterocycles. The average molecular weight is 433 g/mol. The first-order chi connectivity index (χ1) is 13.8. The number of carbonyl (C=O) groups is 2. The van der Waals surface area contributed by atoms with Crippen molar-refractivity contribution in [2.45, 2.75) is 18.6 Å². The Hall–Kier alpha value is -2.91. The van der Waals surface area contributed by atoms with Crippen molar-refractivity contribution in [2.24, 2.45) is 4.99 Å². The number of benzene rings is 2. The highest BCUT2D eigenvalue weighted by molar-refractivity contribution is 8.15. The number of nitro benzene ring substituents is 1. The molecule has 10 heteroatoms. The molecule has 2 aromatic rings. The zero-order valence-electron chi connectivity index (χ0n) is 15.6. The van der Waals surface area contributed by atoms with Gasteiger partial charge in [-0.25, -0.2) is 4.99 Å². The molecule has 1 atom stereocenters. The molecular weight excluding hydrogens is 416 g/mol. The summed E-state index contributed by atoms with van der Waals surface area (Å²) in [6.07, 6.45) is -0.126. The van der Waals surface area contributed by atoms with Crippen LogP contribution < -0.4 is 5.32 Å². The number of amidine groups is 1. The summed E-state index contributed by atoms with van der Waals surface area (Å²) in [5.41, 5.74) is 1.44. The van der Waals surface area contributed by atoms with Gasteiger partial charge >= 0.3 is 0 Å². The summed E-state index contributed by atoms with van der Waals surface area (Å²) < 4.78 is 0. The Morgan fingerprint density at radius 3 is 2.76 bits per heavy atom. The molecule has 3 rings (SSSR count). The summed E-state index contributed by atoms with van der Waals surface area (Å²) in [6.45, 7) is 1.87. The number of anilines is 1. The molecule has 1 heterocycles. The molecule has 150 valence electrons. The van der Waals surface area contributed by atoms with E-state index in [1.54, 1.807) is 31.3 Å². The predicted octanol–water partition coefficient (Wildman–Crippen LogP) is 4.15. The fraction of sp³-hybridized carbons (Fsp3) is 0.211. The number of thioether (sulfide) groups is 1. The Balaban J connectivity index is 1.72. The second-order valence-electron chi connectivity index (χ2n) is 6.36. The van der Waals surface area contributed by atoms with Crippen LogP contribution in [-0.4, -0.2) is 39.1 Å². The molecule has 8 nitrogen and oxygen atoms in total. The molecule has 0 bridgehead atoms. The molecule has 0 aliphatic carbocycles. The van der Waals surface area contributed by atoms with Crippen molar-refractivity contribution in [3.63, 3.8) is 0 Å². The van der Waals surface area contributed by atoms with Gasteiger partial charge in [-0.3, -0.25) is 24.6 Å². The number of rotatable bonds is 5. The quantitative estimate of drug-likeness (QED) is 0.564. The van der Waals surface area contributed by atoms with Gasteiger partial charge in [0.2, 0.25) is 11.8 Å². The smallest absolute Gasteiger partial charge is 0.292 e. The molecule has 1 N–H and O–H groups in total. The predicted molar refractivity (Wildman–Crippen MR) is 114 cm³/mol. The molecule has 0 aromatic heterocycles. The zero-order valence-corrected chi connectivity index (χ0v) is 17.2. The van der Waals surface area contributed by atoms with Crippen molar-refractivity contribution in [1.82, 2.24) is 4.90 Å². The van der Waals surface area contributed by atoms with Gasteiger partial charge in [0.15, 0.2) is 5.17 Å². The zero-order chi connectivity index (χ0) is 21.1. The Kier molecular flexibility index (Phi) is 6.19. The highest BCUT2D eigenvalue weighted by atomic mass is 35.5. The normalized spacial score (nSPS) is 17.6. The first kappa shape index (κ1) is 20.8. The van der Waals surface area contributed by atoms with Crippen LogP contribution in [0.15, 0.2) is 47.5 Å². The lowest BCUT2D eigenvalue weighted by atomic mass is 10.2. The van der Waals surface area contributed by atoms with Gasteiger partial charge in [0.05, 0.1) is 10.6 Å². The lowest BCUT2D eigenvalue weighted by molar-refractivity contribution is -0.383. The number of hydrogen-bond acceptors (Lipinski definition) is 6. The summed E-state index contributed by atoms with van der Waals surface area (Å²) in [7, 11) is 1.60. The number of aryl methyl sites for hydroxylation is 1. The highest BCUT2D eigenvalue weighted by Crippen LogP contribution is 2.32. The number of para-hydroxylation sites is 2. The summed E-state index contributed by atoms with van der Waals surface area (Å²) >= 11 is 7.14. The van der Waals surface area contributed by atoms with Crippen LogP contribution in [0.2, 0.25) is 5.02 Å². The maximum absolute atomic E-state index is 12.5. The summed E-state index contributed by atoms with van der Waals surface area (Å²) in [5, 5.41) is 14.0. The molecule has 0 spiro atoms. The lowest BCUT2D eigenvalue weighted by Crippen LogP contribution is -2.30. The minimum absolute atomic E-state index is 0.0944. The van der Waals surface area contributed by atoms with E-state index in [-0.39, 0.29) is 23.7 Å². The van der Waals surface area contributed by atoms with Gasteiger partial charge < -0.3 is 5.32 Å². The van der Waals surface area contributed by atoms with Crippen molar-refractivity contribution >= 4 is 57.4 Å². The van der Waals surface area contributed by atoms with Gasteiger partial charge in [0, 0.05) is 24.6 Å². The average Bonchev–Trinajstić information content (AvgIpc) is 2.92. The largest absolute Gasteiger partial charge is 0.320 e. The van der Waals surface area contributed by atoms with E-state index >= 15 is 0 Å². The van der Waals surface area contributed by atoms with Crippen LogP contribution in [0.1, 0.15) is 12.0 Å². The maximum atomic E-state index is 12.5. The molecule has 29 heavy (non-hydrogen) atoms. The Morgan fingerprint density at radius 2 is 2.07 bits per heavy atom. The maximum Gasteiger partial charge on any atom is 0.292 e. The SMILES string of the molecule is Cc1cc(Cl)ccc1N=C1S[C@H](CC(=O)Nc2ccccc2[N+](=O)[O-])C(=O)N1C. The molecular formula is C19H17ClN4O4S. The van der Waals surface area contributed by atoms with E-state index in [2.05, 4.69) is 10.3 Å².